The molecule has 182 valence electrons. The van der Waals surface area contributed by atoms with Gasteiger partial charge in [-0.2, -0.15) is 18.3 Å². The van der Waals surface area contributed by atoms with Crippen LogP contribution in [0.3, 0.4) is 0 Å². The van der Waals surface area contributed by atoms with Crippen molar-refractivity contribution in [3.05, 3.63) is 67.1 Å². The largest absolute Gasteiger partial charge is 0.419 e. The first-order valence-electron chi connectivity index (χ1n) is 10.3. The average Bonchev–Trinajstić information content (AvgIpc) is 2.79. The van der Waals surface area contributed by atoms with Crippen LogP contribution in [0.4, 0.5) is 23.4 Å². The average molecular weight is 502 g/mol. The van der Waals surface area contributed by atoms with Gasteiger partial charge in [0.1, 0.15) is 10.8 Å². The van der Waals surface area contributed by atoms with E-state index in [-0.39, 0.29) is 27.2 Å². The minimum atomic E-state index is -4.86. The second-order valence-electron chi connectivity index (χ2n) is 7.80. The van der Waals surface area contributed by atoms with Crippen LogP contribution in [-0.4, -0.2) is 40.8 Å². The predicted molar refractivity (Wildman–Crippen MR) is 118 cm³/mol. The summed E-state index contributed by atoms with van der Waals surface area (Å²) in [6, 6.07) is 2.02. The highest BCUT2D eigenvalue weighted by atomic mass is 35.5. The van der Waals surface area contributed by atoms with E-state index >= 15 is 0 Å². The van der Waals surface area contributed by atoms with Crippen LogP contribution in [0.5, 0.6) is 0 Å². The quantitative estimate of drug-likeness (QED) is 0.554. The van der Waals surface area contributed by atoms with Gasteiger partial charge in [0.25, 0.3) is 11.1 Å². The normalized spacial score (nSPS) is 15.6. The maximum absolute atomic E-state index is 14.7. The Kier molecular flexibility index (Phi) is 6.30. The van der Waals surface area contributed by atoms with Crippen molar-refractivity contribution in [2.45, 2.75) is 19.1 Å². The first kappa shape index (κ1) is 24.0. The monoisotopic (exact) mass is 501 g/mol. The lowest BCUT2D eigenvalue weighted by Gasteiger charge is -2.30. The highest BCUT2D eigenvalue weighted by Gasteiger charge is 2.35. The van der Waals surface area contributed by atoms with Gasteiger partial charge in [0, 0.05) is 18.8 Å². The third-order valence-electron chi connectivity index (χ3n) is 5.59. The van der Waals surface area contributed by atoms with Crippen molar-refractivity contribution >= 4 is 28.2 Å². The van der Waals surface area contributed by atoms with Crippen LogP contribution < -0.4 is 21.4 Å². The van der Waals surface area contributed by atoms with Crippen LogP contribution in [0.25, 0.3) is 10.8 Å². The summed E-state index contributed by atoms with van der Waals surface area (Å²) >= 11 is 6.30. The first-order chi connectivity index (χ1) is 16.0. The van der Waals surface area contributed by atoms with Crippen molar-refractivity contribution in [1.29, 1.82) is 0 Å². The number of ether oxygens (including phenoxy) is 1. The number of alkyl halides is 3. The van der Waals surface area contributed by atoms with E-state index in [0.717, 1.165) is 10.7 Å². The third kappa shape index (κ3) is 4.23. The lowest BCUT2D eigenvalue weighted by molar-refractivity contribution is -0.140. The Bertz CT molecular complexity index is 1370. The van der Waals surface area contributed by atoms with E-state index in [1.807, 2.05) is 0 Å². The smallest absolute Gasteiger partial charge is 0.378 e. The van der Waals surface area contributed by atoms with Crippen LogP contribution in [0.2, 0.25) is 5.02 Å². The van der Waals surface area contributed by atoms with E-state index < -0.39 is 34.7 Å². The first-order valence-corrected chi connectivity index (χ1v) is 10.7. The standard InChI is InChI=1S/C21H20ClF4N5O3/c1-11(12-4-3-5-14(17(12)23)21(24,25)26)27-18-13-10-31(30-6-8-34-9-7-30)20(33)16(22)15(13)19(32)29(2)28-18/h3-5,10-11H,6-9H2,1-2H3,(H,27,28)/t11-/m1/s1. The third-order valence-corrected chi connectivity index (χ3v) is 5.95. The molecule has 13 heteroatoms. The summed E-state index contributed by atoms with van der Waals surface area (Å²) < 4.78 is 61.7. The van der Waals surface area contributed by atoms with Crippen molar-refractivity contribution in [3.63, 3.8) is 0 Å². The van der Waals surface area contributed by atoms with Gasteiger partial charge in [-0.05, 0) is 13.0 Å². The molecule has 0 saturated carbocycles. The minimum absolute atomic E-state index is 0.0466. The summed E-state index contributed by atoms with van der Waals surface area (Å²) in [6.07, 6.45) is -3.47. The molecule has 0 aliphatic carbocycles. The molecule has 1 aliphatic heterocycles. The highest BCUT2D eigenvalue weighted by Crippen LogP contribution is 2.35. The Balaban J connectivity index is 1.85. The number of aryl methyl sites for hydroxylation is 1. The lowest BCUT2D eigenvalue weighted by Crippen LogP contribution is -2.49. The number of hydrogen-bond acceptors (Lipinski definition) is 6. The van der Waals surface area contributed by atoms with Gasteiger partial charge in [0.15, 0.2) is 5.82 Å². The van der Waals surface area contributed by atoms with Gasteiger partial charge in [-0.1, -0.05) is 23.7 Å². The fourth-order valence-corrected chi connectivity index (χ4v) is 4.11. The SMILES string of the molecule is C[C@@H](Nc1nn(C)c(=O)c2c(Cl)c(=O)n(N3CCOCC3)cc12)c1cccc(C(F)(F)F)c1F. The number of hydrogen-bond donors (Lipinski definition) is 1. The summed E-state index contributed by atoms with van der Waals surface area (Å²) in [5.41, 5.74) is -2.87. The Labute approximate surface area is 195 Å². The molecule has 0 amide bonds. The Morgan fingerprint density at radius 3 is 2.50 bits per heavy atom. The number of halogens is 5. The zero-order chi connectivity index (χ0) is 24.8. The van der Waals surface area contributed by atoms with Gasteiger partial charge in [0.05, 0.1) is 48.7 Å². The number of benzene rings is 1. The summed E-state index contributed by atoms with van der Waals surface area (Å²) in [5.74, 6) is -1.36. The van der Waals surface area contributed by atoms with Crippen molar-refractivity contribution in [1.82, 2.24) is 14.5 Å². The molecule has 4 rings (SSSR count). The van der Waals surface area contributed by atoms with Gasteiger partial charge in [0.2, 0.25) is 0 Å². The van der Waals surface area contributed by atoms with Crippen molar-refractivity contribution < 1.29 is 22.3 Å². The van der Waals surface area contributed by atoms with Gasteiger partial charge in [-0.25, -0.2) is 13.7 Å². The van der Waals surface area contributed by atoms with Gasteiger partial charge < -0.3 is 15.1 Å². The molecule has 1 fully saturated rings. The number of rotatable bonds is 4. The van der Waals surface area contributed by atoms with Crippen LogP contribution >= 0.6 is 11.6 Å². The molecule has 0 bridgehead atoms. The number of pyridine rings is 1. The van der Waals surface area contributed by atoms with E-state index in [4.69, 9.17) is 16.3 Å². The number of nitrogens with one attached hydrogen (secondary N) is 1. The summed E-state index contributed by atoms with van der Waals surface area (Å²) in [5, 5.41) is 8.45. The number of fused-ring (bicyclic) bond motifs is 1. The Morgan fingerprint density at radius 2 is 1.85 bits per heavy atom. The number of morpholine rings is 1. The predicted octanol–water partition coefficient (Wildman–Crippen LogP) is 3.05. The molecule has 2 aromatic heterocycles. The van der Waals surface area contributed by atoms with Gasteiger partial charge >= 0.3 is 6.18 Å². The van der Waals surface area contributed by atoms with Crippen LogP contribution in [0, 0.1) is 5.82 Å². The van der Waals surface area contributed by atoms with Gasteiger partial charge in [-0.3, -0.25) is 9.59 Å². The molecule has 1 N–H and O–H groups in total. The minimum Gasteiger partial charge on any atom is -0.378 e. The van der Waals surface area contributed by atoms with Crippen LogP contribution in [-0.2, 0) is 18.0 Å². The van der Waals surface area contributed by atoms with E-state index in [0.29, 0.717) is 32.4 Å². The van der Waals surface area contributed by atoms with Crippen LogP contribution in [0.1, 0.15) is 24.1 Å². The molecule has 1 aromatic carbocycles. The Hall–Kier alpha value is -3.12. The summed E-state index contributed by atoms with van der Waals surface area (Å²) in [6.45, 7) is 3.02. The molecule has 0 radical (unpaired) electrons. The zero-order valence-electron chi connectivity index (χ0n) is 18.1. The van der Waals surface area contributed by atoms with Crippen molar-refractivity contribution in [2.75, 3.05) is 36.6 Å². The van der Waals surface area contributed by atoms with Gasteiger partial charge in [-0.15, -0.1) is 0 Å². The lowest BCUT2D eigenvalue weighted by atomic mass is 10.0. The topological polar surface area (TPSA) is 81.4 Å². The van der Waals surface area contributed by atoms with E-state index in [2.05, 4.69) is 10.4 Å². The number of anilines is 1. The second-order valence-corrected chi connectivity index (χ2v) is 8.18. The molecule has 3 aromatic rings. The Morgan fingerprint density at radius 1 is 1.18 bits per heavy atom. The summed E-state index contributed by atoms with van der Waals surface area (Å²) in [7, 11) is 1.34. The molecular formula is C21H20ClF4N5O3. The fourth-order valence-electron chi connectivity index (χ4n) is 3.84. The molecular weight excluding hydrogens is 482 g/mol. The van der Waals surface area contributed by atoms with Crippen molar-refractivity contribution in [2.24, 2.45) is 7.05 Å². The summed E-state index contributed by atoms with van der Waals surface area (Å²) in [4.78, 5) is 25.6. The van der Waals surface area contributed by atoms with E-state index in [9.17, 15) is 27.2 Å². The molecule has 1 saturated heterocycles. The second kappa shape index (κ2) is 8.91. The molecule has 0 spiro atoms. The van der Waals surface area contributed by atoms with E-state index in [1.165, 1.54) is 30.9 Å². The molecule has 8 nitrogen and oxygen atoms in total. The van der Waals surface area contributed by atoms with E-state index in [1.54, 1.807) is 5.01 Å². The molecule has 0 unspecified atom stereocenters. The molecule has 1 aliphatic rings. The highest BCUT2D eigenvalue weighted by molar-refractivity contribution is 6.35. The fraction of sp³-hybridized carbons (Fsp3) is 0.381. The van der Waals surface area contributed by atoms with Crippen LogP contribution in [0.15, 0.2) is 34.0 Å². The molecule has 3 heterocycles. The zero-order valence-corrected chi connectivity index (χ0v) is 18.9. The maximum Gasteiger partial charge on any atom is 0.419 e. The maximum atomic E-state index is 14.7. The number of nitrogens with zero attached hydrogens (tertiary/aromatic N) is 4. The van der Waals surface area contributed by atoms with Crippen molar-refractivity contribution in [3.8, 4) is 0 Å². The molecule has 1 atom stereocenters. The number of aromatic nitrogens is 3. The molecule has 34 heavy (non-hydrogen) atoms.